The van der Waals surface area contributed by atoms with E-state index in [2.05, 4.69) is 6.07 Å². The Morgan fingerprint density at radius 2 is 2.50 bits per heavy atom. The van der Waals surface area contributed by atoms with E-state index >= 15 is 0 Å². The molecule has 0 aliphatic carbocycles. The molecule has 0 saturated carbocycles. The van der Waals surface area contributed by atoms with E-state index in [9.17, 15) is 9.90 Å². The highest BCUT2D eigenvalue weighted by Crippen LogP contribution is 2.11. The highest BCUT2D eigenvalue weighted by Gasteiger charge is 2.27. The minimum absolute atomic E-state index is 0.0709. The van der Waals surface area contributed by atoms with Gasteiger partial charge in [0.25, 0.3) is 5.91 Å². The van der Waals surface area contributed by atoms with E-state index in [4.69, 9.17) is 4.74 Å². The largest absolute Gasteiger partial charge is 0.394 e. The summed E-state index contributed by atoms with van der Waals surface area (Å²) in [4.78, 5) is 13.7. The van der Waals surface area contributed by atoms with E-state index in [1.165, 1.54) is 0 Å². The summed E-state index contributed by atoms with van der Waals surface area (Å²) in [6.07, 6.45) is 0. The molecule has 1 saturated heterocycles. The zero-order valence-electron chi connectivity index (χ0n) is 8.93. The Morgan fingerprint density at radius 3 is 3.19 bits per heavy atom. The summed E-state index contributed by atoms with van der Waals surface area (Å²) in [6, 6.07) is 9.72. The van der Waals surface area contributed by atoms with Crippen LogP contribution in [0.25, 0.3) is 0 Å². The predicted octanol–water partition coefficient (Wildman–Crippen LogP) is 0.320. The standard InChI is InChI=1S/C12H14NO3/c14-8-11-9-16-7-6-13(11)12(15)10-4-2-1-3-5-10/h1-4,11,14H,6-9H2/t11-/m1/s1. The normalized spacial score (nSPS) is 20.8. The van der Waals surface area contributed by atoms with Crippen molar-refractivity contribution in [3.63, 3.8) is 0 Å². The van der Waals surface area contributed by atoms with Crippen molar-refractivity contribution < 1.29 is 14.6 Å². The van der Waals surface area contributed by atoms with Gasteiger partial charge >= 0.3 is 0 Å². The van der Waals surface area contributed by atoms with Crippen molar-refractivity contribution in [2.45, 2.75) is 6.04 Å². The van der Waals surface area contributed by atoms with E-state index in [1.54, 1.807) is 23.1 Å². The second-order valence-corrected chi connectivity index (χ2v) is 3.69. The molecule has 1 heterocycles. The smallest absolute Gasteiger partial charge is 0.254 e. The number of hydrogen-bond donors (Lipinski definition) is 1. The van der Waals surface area contributed by atoms with Crippen molar-refractivity contribution in [2.75, 3.05) is 26.4 Å². The van der Waals surface area contributed by atoms with Gasteiger partial charge in [-0.3, -0.25) is 4.79 Å². The molecule has 0 unspecified atom stereocenters. The highest BCUT2D eigenvalue weighted by molar-refractivity contribution is 5.94. The van der Waals surface area contributed by atoms with Gasteiger partial charge in [0.05, 0.1) is 25.9 Å². The van der Waals surface area contributed by atoms with Crippen molar-refractivity contribution in [3.8, 4) is 0 Å². The lowest BCUT2D eigenvalue weighted by Crippen LogP contribution is -2.50. The molecular weight excluding hydrogens is 206 g/mol. The summed E-state index contributed by atoms with van der Waals surface area (Å²) in [5.41, 5.74) is 0.530. The third-order valence-electron chi connectivity index (χ3n) is 2.64. The molecule has 16 heavy (non-hydrogen) atoms. The summed E-state index contributed by atoms with van der Waals surface area (Å²) in [7, 11) is 0. The van der Waals surface area contributed by atoms with Gasteiger partial charge in [0.2, 0.25) is 0 Å². The quantitative estimate of drug-likeness (QED) is 0.781. The van der Waals surface area contributed by atoms with Crippen molar-refractivity contribution in [1.29, 1.82) is 0 Å². The van der Waals surface area contributed by atoms with Crippen LogP contribution in [0.3, 0.4) is 0 Å². The molecule has 1 atom stereocenters. The first-order valence-electron chi connectivity index (χ1n) is 5.29. The van der Waals surface area contributed by atoms with E-state index in [1.807, 2.05) is 6.07 Å². The zero-order valence-corrected chi connectivity index (χ0v) is 8.93. The van der Waals surface area contributed by atoms with E-state index in [0.717, 1.165) is 0 Å². The van der Waals surface area contributed by atoms with Crippen LogP contribution in [0.2, 0.25) is 0 Å². The highest BCUT2D eigenvalue weighted by atomic mass is 16.5. The molecular formula is C12H14NO3. The molecule has 0 bridgehead atoms. The first-order chi connectivity index (χ1) is 7.83. The minimum Gasteiger partial charge on any atom is -0.394 e. The van der Waals surface area contributed by atoms with Crippen LogP contribution in [0.1, 0.15) is 10.4 Å². The Bertz CT molecular complexity index is 353. The fourth-order valence-corrected chi connectivity index (χ4v) is 1.75. The van der Waals surface area contributed by atoms with E-state index < -0.39 is 0 Å². The van der Waals surface area contributed by atoms with Crippen LogP contribution in [0, 0.1) is 6.07 Å². The second kappa shape index (κ2) is 5.09. The summed E-state index contributed by atoms with van der Waals surface area (Å²) >= 11 is 0. The molecule has 1 amide bonds. The Balaban J connectivity index is 2.14. The van der Waals surface area contributed by atoms with Gasteiger partial charge in [-0.05, 0) is 12.1 Å². The fourth-order valence-electron chi connectivity index (χ4n) is 1.75. The van der Waals surface area contributed by atoms with Gasteiger partial charge in [-0.15, -0.1) is 0 Å². The number of hydrogen-bond acceptors (Lipinski definition) is 3. The van der Waals surface area contributed by atoms with Crippen LogP contribution in [-0.2, 0) is 4.74 Å². The molecule has 1 aromatic carbocycles. The lowest BCUT2D eigenvalue weighted by atomic mass is 10.1. The molecule has 85 valence electrons. The van der Waals surface area contributed by atoms with Gasteiger partial charge in [-0.2, -0.15) is 0 Å². The summed E-state index contributed by atoms with van der Waals surface area (Å²) < 4.78 is 5.23. The van der Waals surface area contributed by atoms with Gasteiger partial charge in [0, 0.05) is 12.1 Å². The first kappa shape index (κ1) is 11.1. The lowest BCUT2D eigenvalue weighted by Gasteiger charge is -2.34. The van der Waals surface area contributed by atoms with Gasteiger partial charge in [0.1, 0.15) is 0 Å². The molecule has 2 rings (SSSR count). The molecule has 1 radical (unpaired) electrons. The zero-order chi connectivity index (χ0) is 11.4. The van der Waals surface area contributed by atoms with Crippen LogP contribution in [0.15, 0.2) is 24.3 Å². The van der Waals surface area contributed by atoms with Crippen LogP contribution >= 0.6 is 0 Å². The number of ether oxygens (including phenoxy) is 1. The molecule has 4 heteroatoms. The Morgan fingerprint density at radius 1 is 1.62 bits per heavy atom. The minimum atomic E-state index is -0.241. The molecule has 1 aromatic rings. The van der Waals surface area contributed by atoms with Gasteiger partial charge in [-0.25, -0.2) is 0 Å². The van der Waals surface area contributed by atoms with Crippen molar-refractivity contribution in [3.05, 3.63) is 35.9 Å². The van der Waals surface area contributed by atoms with Crippen LogP contribution in [-0.4, -0.2) is 48.3 Å². The van der Waals surface area contributed by atoms with Crippen LogP contribution in [0.5, 0.6) is 0 Å². The first-order valence-corrected chi connectivity index (χ1v) is 5.29. The number of morpholine rings is 1. The third-order valence-corrected chi connectivity index (χ3v) is 2.64. The number of carbonyl (C=O) groups is 1. The molecule has 1 fully saturated rings. The molecule has 1 aliphatic heterocycles. The number of carbonyl (C=O) groups excluding carboxylic acids is 1. The molecule has 1 aliphatic rings. The van der Waals surface area contributed by atoms with Gasteiger partial charge in [-0.1, -0.05) is 18.2 Å². The van der Waals surface area contributed by atoms with Crippen molar-refractivity contribution in [2.24, 2.45) is 0 Å². The number of rotatable bonds is 2. The Kier molecular flexibility index (Phi) is 3.54. The average Bonchev–Trinajstić information content (AvgIpc) is 2.39. The maximum atomic E-state index is 12.1. The molecule has 1 N–H and O–H groups in total. The summed E-state index contributed by atoms with van der Waals surface area (Å²) in [5, 5.41) is 9.17. The Hall–Kier alpha value is -1.39. The Labute approximate surface area is 94.4 Å². The number of aliphatic hydroxyl groups is 1. The monoisotopic (exact) mass is 220 g/mol. The van der Waals surface area contributed by atoms with Gasteiger partial charge in [0.15, 0.2) is 0 Å². The maximum Gasteiger partial charge on any atom is 0.254 e. The van der Waals surface area contributed by atoms with E-state index in [-0.39, 0.29) is 18.6 Å². The number of nitrogens with zero attached hydrogens (tertiary/aromatic N) is 1. The van der Waals surface area contributed by atoms with E-state index in [0.29, 0.717) is 25.3 Å². The predicted molar refractivity (Wildman–Crippen MR) is 58.0 cm³/mol. The van der Waals surface area contributed by atoms with Crippen molar-refractivity contribution in [1.82, 2.24) is 4.90 Å². The summed E-state index contributed by atoms with van der Waals surface area (Å²) in [5.74, 6) is -0.0945. The molecule has 0 spiro atoms. The molecule has 4 nitrogen and oxygen atoms in total. The lowest BCUT2D eigenvalue weighted by molar-refractivity contribution is -0.0184. The number of aliphatic hydroxyl groups excluding tert-OH is 1. The third kappa shape index (κ3) is 2.23. The topological polar surface area (TPSA) is 49.8 Å². The second-order valence-electron chi connectivity index (χ2n) is 3.69. The van der Waals surface area contributed by atoms with Crippen LogP contribution < -0.4 is 0 Å². The molecule has 0 aromatic heterocycles. The average molecular weight is 220 g/mol. The summed E-state index contributed by atoms with van der Waals surface area (Å²) in [6.45, 7) is 1.37. The SMILES string of the molecule is O=C(c1[c]cccc1)N1CCOC[C@H]1CO. The number of benzene rings is 1. The van der Waals surface area contributed by atoms with Gasteiger partial charge < -0.3 is 14.7 Å². The maximum absolute atomic E-state index is 12.1. The number of amides is 1. The fraction of sp³-hybridized carbons (Fsp3) is 0.417. The van der Waals surface area contributed by atoms with Crippen LogP contribution in [0.4, 0.5) is 0 Å². The van der Waals surface area contributed by atoms with Crippen molar-refractivity contribution >= 4 is 5.91 Å².